The van der Waals surface area contributed by atoms with Crippen molar-refractivity contribution in [1.82, 2.24) is 4.98 Å². The van der Waals surface area contributed by atoms with E-state index in [1.807, 2.05) is 12.1 Å². The van der Waals surface area contributed by atoms with Crippen molar-refractivity contribution in [3.63, 3.8) is 0 Å². The number of hydrogen-bond acceptors (Lipinski definition) is 4. The summed E-state index contributed by atoms with van der Waals surface area (Å²) in [5.74, 6) is 2.08. The van der Waals surface area contributed by atoms with E-state index >= 15 is 0 Å². The molecule has 6 nitrogen and oxygen atoms in total. The van der Waals surface area contributed by atoms with Crippen molar-refractivity contribution < 1.29 is 9.59 Å². The summed E-state index contributed by atoms with van der Waals surface area (Å²) in [6, 6.07) is 3.82. The van der Waals surface area contributed by atoms with Crippen molar-refractivity contribution in [1.29, 1.82) is 0 Å². The summed E-state index contributed by atoms with van der Waals surface area (Å²) in [6.45, 7) is 1.51. The van der Waals surface area contributed by atoms with Crippen LogP contribution in [0.15, 0.2) is 18.3 Å². The van der Waals surface area contributed by atoms with Gasteiger partial charge in [0.05, 0.1) is 17.8 Å². The number of nitrogens with two attached hydrogens (primary N) is 1. The van der Waals surface area contributed by atoms with Crippen LogP contribution in [-0.2, 0) is 9.59 Å². The minimum Gasteiger partial charge on any atom is -0.369 e. The van der Waals surface area contributed by atoms with E-state index in [0.29, 0.717) is 18.4 Å². The number of fused-ring (bicyclic) bond motifs is 1. The molecule has 4 rings (SSSR count). The second-order valence-corrected chi connectivity index (χ2v) is 7.72. The highest BCUT2D eigenvalue weighted by Crippen LogP contribution is 2.55. The van der Waals surface area contributed by atoms with Gasteiger partial charge in [-0.2, -0.15) is 0 Å². The van der Waals surface area contributed by atoms with Crippen LogP contribution in [-0.4, -0.2) is 29.9 Å². The average molecular weight is 342 g/mol. The molecule has 1 aromatic heterocycles. The van der Waals surface area contributed by atoms with Gasteiger partial charge in [-0.05, 0) is 49.7 Å². The fourth-order valence-electron chi connectivity index (χ4n) is 4.67. The van der Waals surface area contributed by atoms with Gasteiger partial charge in [-0.3, -0.25) is 9.59 Å². The Labute approximate surface area is 148 Å². The molecule has 2 aliphatic carbocycles. The van der Waals surface area contributed by atoms with E-state index in [1.165, 1.54) is 25.7 Å². The summed E-state index contributed by atoms with van der Waals surface area (Å²) in [4.78, 5) is 30.4. The van der Waals surface area contributed by atoms with Crippen molar-refractivity contribution in [3.05, 3.63) is 18.3 Å². The molecule has 3 aliphatic rings. The first kappa shape index (κ1) is 16.4. The fourth-order valence-corrected chi connectivity index (χ4v) is 4.67. The molecule has 1 aliphatic heterocycles. The molecule has 134 valence electrons. The van der Waals surface area contributed by atoms with Crippen molar-refractivity contribution in [3.8, 4) is 0 Å². The normalized spacial score (nSPS) is 31.1. The first-order chi connectivity index (χ1) is 12.1. The van der Waals surface area contributed by atoms with Crippen LogP contribution in [0.5, 0.6) is 0 Å². The Morgan fingerprint density at radius 1 is 1.12 bits per heavy atom. The Kier molecular flexibility index (Phi) is 4.36. The van der Waals surface area contributed by atoms with E-state index in [9.17, 15) is 9.59 Å². The zero-order valence-corrected chi connectivity index (χ0v) is 14.5. The van der Waals surface area contributed by atoms with E-state index in [4.69, 9.17) is 5.73 Å². The van der Waals surface area contributed by atoms with Crippen LogP contribution in [0.4, 0.5) is 11.5 Å². The minimum absolute atomic E-state index is 0.104. The molecule has 0 bridgehead atoms. The number of amides is 2. The first-order valence-corrected chi connectivity index (χ1v) is 9.44. The summed E-state index contributed by atoms with van der Waals surface area (Å²) in [7, 11) is 0. The molecular weight excluding hydrogens is 316 g/mol. The number of hydrogen-bond donors (Lipinski definition) is 2. The number of anilines is 2. The zero-order valence-electron chi connectivity index (χ0n) is 14.5. The standard InChI is InChI=1S/C19H26N4O2/c20-18(24)12-4-3-9-23(11-12)16-8-7-13(10-21-16)22-19(25)17-14-5-1-2-6-15(14)17/h7-8,10,12,14-15,17H,1-6,9,11H2,(H2,20,24)(H,22,25)/t12-,14+,15+/m1/s1. The number of nitrogens with one attached hydrogen (secondary N) is 1. The van der Waals surface area contributed by atoms with Crippen LogP contribution in [0.2, 0.25) is 0 Å². The lowest BCUT2D eigenvalue weighted by atomic mass is 9.97. The third-order valence-electron chi connectivity index (χ3n) is 6.12. The predicted molar refractivity (Wildman–Crippen MR) is 95.9 cm³/mol. The lowest BCUT2D eigenvalue weighted by molar-refractivity contribution is -0.122. The van der Waals surface area contributed by atoms with Crippen LogP contribution in [0, 0.1) is 23.7 Å². The molecule has 0 radical (unpaired) electrons. The van der Waals surface area contributed by atoms with Gasteiger partial charge < -0.3 is 16.0 Å². The molecule has 3 fully saturated rings. The van der Waals surface area contributed by atoms with Crippen molar-refractivity contribution in [2.45, 2.75) is 38.5 Å². The molecule has 2 heterocycles. The number of piperidine rings is 1. The highest BCUT2D eigenvalue weighted by molar-refractivity contribution is 5.94. The van der Waals surface area contributed by atoms with Crippen LogP contribution in [0.1, 0.15) is 38.5 Å². The molecule has 0 aromatic carbocycles. The Bertz CT molecular complexity index is 648. The molecule has 3 N–H and O–H groups in total. The van der Waals surface area contributed by atoms with Gasteiger partial charge in [0, 0.05) is 19.0 Å². The summed E-state index contributed by atoms with van der Waals surface area (Å²) < 4.78 is 0. The van der Waals surface area contributed by atoms with E-state index in [1.54, 1.807) is 6.20 Å². The molecule has 0 spiro atoms. The van der Waals surface area contributed by atoms with Gasteiger partial charge >= 0.3 is 0 Å². The molecule has 0 unspecified atom stereocenters. The first-order valence-electron chi connectivity index (χ1n) is 9.44. The number of primary amides is 1. The van der Waals surface area contributed by atoms with Gasteiger partial charge in [0.15, 0.2) is 0 Å². The van der Waals surface area contributed by atoms with Gasteiger partial charge in [-0.1, -0.05) is 12.8 Å². The fraction of sp³-hybridized carbons (Fsp3) is 0.632. The van der Waals surface area contributed by atoms with Gasteiger partial charge in [0.25, 0.3) is 0 Å². The zero-order chi connectivity index (χ0) is 17.4. The molecule has 25 heavy (non-hydrogen) atoms. The lowest BCUT2D eigenvalue weighted by Crippen LogP contribution is -2.41. The maximum atomic E-state index is 12.4. The Hall–Kier alpha value is -2.11. The van der Waals surface area contributed by atoms with Gasteiger partial charge in [0.1, 0.15) is 5.82 Å². The number of carbonyl (C=O) groups is 2. The molecular formula is C19H26N4O2. The number of carbonyl (C=O) groups excluding carboxylic acids is 2. The van der Waals surface area contributed by atoms with E-state index in [-0.39, 0.29) is 23.7 Å². The molecule has 3 atom stereocenters. The maximum Gasteiger partial charge on any atom is 0.228 e. The molecule has 1 saturated heterocycles. The minimum atomic E-state index is -0.237. The Morgan fingerprint density at radius 2 is 1.88 bits per heavy atom. The number of rotatable bonds is 4. The molecule has 2 amide bonds. The summed E-state index contributed by atoms with van der Waals surface area (Å²) in [6.07, 6.45) is 8.45. The third kappa shape index (κ3) is 3.34. The molecule has 2 saturated carbocycles. The molecule has 1 aromatic rings. The number of pyridine rings is 1. The number of nitrogens with zero attached hydrogens (tertiary/aromatic N) is 2. The topological polar surface area (TPSA) is 88.3 Å². The average Bonchev–Trinajstić information content (AvgIpc) is 3.37. The van der Waals surface area contributed by atoms with Gasteiger partial charge in [-0.15, -0.1) is 0 Å². The van der Waals surface area contributed by atoms with E-state index in [0.717, 1.165) is 30.9 Å². The number of aromatic nitrogens is 1. The highest BCUT2D eigenvalue weighted by Gasteiger charge is 2.54. The summed E-state index contributed by atoms with van der Waals surface area (Å²) in [5.41, 5.74) is 6.19. The van der Waals surface area contributed by atoms with Gasteiger partial charge in [0.2, 0.25) is 11.8 Å². The monoisotopic (exact) mass is 342 g/mol. The third-order valence-corrected chi connectivity index (χ3v) is 6.12. The Morgan fingerprint density at radius 3 is 2.52 bits per heavy atom. The van der Waals surface area contributed by atoms with Crippen LogP contribution in [0.3, 0.4) is 0 Å². The smallest absolute Gasteiger partial charge is 0.228 e. The van der Waals surface area contributed by atoms with Crippen LogP contribution in [0.25, 0.3) is 0 Å². The van der Waals surface area contributed by atoms with Crippen molar-refractivity contribution in [2.75, 3.05) is 23.3 Å². The lowest BCUT2D eigenvalue weighted by Gasteiger charge is -2.32. The predicted octanol–water partition coefficient (Wildman–Crippen LogP) is 2.16. The van der Waals surface area contributed by atoms with Crippen LogP contribution < -0.4 is 16.0 Å². The Balaban J connectivity index is 1.35. The molecule has 6 heteroatoms. The van der Waals surface area contributed by atoms with Crippen molar-refractivity contribution >= 4 is 23.3 Å². The van der Waals surface area contributed by atoms with Crippen molar-refractivity contribution in [2.24, 2.45) is 29.4 Å². The largest absolute Gasteiger partial charge is 0.369 e. The SMILES string of the molecule is NC(=O)[C@@H]1CCCN(c2ccc(NC(=O)C3[C@H]4CCCC[C@H]34)cn2)C1. The summed E-state index contributed by atoms with van der Waals surface area (Å²) >= 11 is 0. The second kappa shape index (κ2) is 6.65. The van der Waals surface area contributed by atoms with E-state index in [2.05, 4.69) is 15.2 Å². The van der Waals surface area contributed by atoms with E-state index < -0.39 is 0 Å². The second-order valence-electron chi connectivity index (χ2n) is 7.72. The highest BCUT2D eigenvalue weighted by atomic mass is 16.2. The maximum absolute atomic E-state index is 12.4. The van der Waals surface area contributed by atoms with Gasteiger partial charge in [-0.25, -0.2) is 4.98 Å². The quantitative estimate of drug-likeness (QED) is 0.877. The summed E-state index contributed by atoms with van der Waals surface area (Å²) in [5, 5.41) is 3.02. The van der Waals surface area contributed by atoms with Crippen LogP contribution >= 0.6 is 0 Å².